The van der Waals surface area contributed by atoms with Crippen LogP contribution in [-0.2, 0) is 13.5 Å². The molecular formula is C12H15N7. The van der Waals surface area contributed by atoms with Crippen LogP contribution in [0.4, 0.5) is 5.82 Å². The average Bonchev–Trinajstić information content (AvgIpc) is 2.98. The van der Waals surface area contributed by atoms with Crippen LogP contribution in [-0.4, -0.2) is 35.9 Å². The summed E-state index contributed by atoms with van der Waals surface area (Å²) >= 11 is 0. The lowest BCUT2D eigenvalue weighted by atomic mass is 10.4. The predicted octanol–water partition coefficient (Wildman–Crippen LogP) is 0.821. The molecule has 1 N–H and O–H groups in total. The van der Waals surface area contributed by atoms with E-state index < -0.39 is 0 Å². The zero-order valence-corrected chi connectivity index (χ0v) is 10.9. The molecule has 0 radical (unpaired) electrons. The third kappa shape index (κ3) is 2.26. The third-order valence-corrected chi connectivity index (χ3v) is 2.99. The zero-order valence-electron chi connectivity index (χ0n) is 10.9. The molecule has 3 aromatic rings. The molecule has 0 unspecified atom stereocenters. The number of nitrogens with zero attached hydrogens (tertiary/aromatic N) is 6. The Morgan fingerprint density at radius 3 is 2.95 bits per heavy atom. The lowest BCUT2D eigenvalue weighted by molar-refractivity contribution is 0.785. The summed E-state index contributed by atoms with van der Waals surface area (Å²) in [5, 5.41) is 15.7. The first kappa shape index (κ1) is 11.6. The van der Waals surface area contributed by atoms with E-state index in [-0.39, 0.29) is 0 Å². The van der Waals surface area contributed by atoms with Gasteiger partial charge in [-0.3, -0.25) is 0 Å². The molecule has 0 saturated carbocycles. The minimum atomic E-state index is 0.757. The van der Waals surface area contributed by atoms with Crippen molar-refractivity contribution in [2.24, 2.45) is 7.05 Å². The molecule has 0 saturated heterocycles. The second-order valence-corrected chi connectivity index (χ2v) is 4.37. The molecule has 0 spiro atoms. The number of aryl methyl sites for hydroxylation is 2. The Balaban J connectivity index is 1.68. The first-order chi connectivity index (χ1) is 9.24. The molecular weight excluding hydrogens is 242 g/mol. The van der Waals surface area contributed by atoms with E-state index in [0.717, 1.165) is 36.1 Å². The molecule has 19 heavy (non-hydrogen) atoms. The minimum Gasteiger partial charge on any atom is -0.368 e. The molecule has 7 nitrogen and oxygen atoms in total. The first-order valence-electron chi connectivity index (χ1n) is 6.13. The Hall–Kier alpha value is -2.44. The van der Waals surface area contributed by atoms with Gasteiger partial charge in [-0.2, -0.15) is 4.52 Å². The van der Waals surface area contributed by atoms with Crippen LogP contribution < -0.4 is 5.32 Å². The lowest BCUT2D eigenvalue weighted by Gasteiger charge is -2.06. The summed E-state index contributed by atoms with van der Waals surface area (Å²) in [6, 6.07) is 3.80. The quantitative estimate of drug-likeness (QED) is 0.749. The zero-order chi connectivity index (χ0) is 13.2. The van der Waals surface area contributed by atoms with E-state index in [1.165, 1.54) is 0 Å². The van der Waals surface area contributed by atoms with Crippen molar-refractivity contribution in [3.8, 4) is 0 Å². The molecule has 3 heterocycles. The average molecular weight is 257 g/mol. The molecule has 7 heteroatoms. The summed E-state index contributed by atoms with van der Waals surface area (Å²) in [6.45, 7) is 2.66. The molecule has 3 rings (SSSR count). The maximum Gasteiger partial charge on any atom is 0.178 e. The Morgan fingerprint density at radius 1 is 1.26 bits per heavy atom. The lowest BCUT2D eigenvalue weighted by Crippen LogP contribution is -2.10. The van der Waals surface area contributed by atoms with Crippen LogP contribution in [0.3, 0.4) is 0 Å². The van der Waals surface area contributed by atoms with Crippen LogP contribution in [0.5, 0.6) is 0 Å². The van der Waals surface area contributed by atoms with E-state index in [9.17, 15) is 0 Å². The van der Waals surface area contributed by atoms with Gasteiger partial charge < -0.3 is 9.88 Å². The van der Waals surface area contributed by atoms with Crippen LogP contribution in [0.25, 0.3) is 5.65 Å². The summed E-state index contributed by atoms with van der Waals surface area (Å²) in [4.78, 5) is 4.28. The number of aromatic nitrogens is 6. The van der Waals surface area contributed by atoms with Crippen LogP contribution in [0.15, 0.2) is 24.5 Å². The predicted molar refractivity (Wildman–Crippen MR) is 70.9 cm³/mol. The van der Waals surface area contributed by atoms with Gasteiger partial charge >= 0.3 is 0 Å². The van der Waals surface area contributed by atoms with Crippen molar-refractivity contribution in [3.63, 3.8) is 0 Å². The van der Waals surface area contributed by atoms with Gasteiger partial charge in [-0.25, -0.2) is 4.98 Å². The number of hydrogen-bond acceptors (Lipinski definition) is 5. The molecule has 98 valence electrons. The van der Waals surface area contributed by atoms with Crippen molar-refractivity contribution in [1.82, 2.24) is 29.4 Å². The highest BCUT2D eigenvalue weighted by atomic mass is 15.4. The minimum absolute atomic E-state index is 0.757. The summed E-state index contributed by atoms with van der Waals surface area (Å²) < 4.78 is 3.74. The van der Waals surface area contributed by atoms with Gasteiger partial charge in [0.1, 0.15) is 11.6 Å². The van der Waals surface area contributed by atoms with Gasteiger partial charge in [0.05, 0.1) is 0 Å². The molecule has 0 aromatic carbocycles. The van der Waals surface area contributed by atoms with E-state index in [4.69, 9.17) is 0 Å². The monoisotopic (exact) mass is 257 g/mol. The van der Waals surface area contributed by atoms with Crippen molar-refractivity contribution < 1.29 is 0 Å². The number of rotatable bonds is 4. The van der Waals surface area contributed by atoms with Crippen molar-refractivity contribution in [1.29, 1.82) is 0 Å². The fourth-order valence-corrected chi connectivity index (χ4v) is 1.93. The topological polar surface area (TPSA) is 72.9 Å². The Labute approximate surface area is 110 Å². The smallest absolute Gasteiger partial charge is 0.178 e. The highest BCUT2D eigenvalue weighted by Crippen LogP contribution is 2.06. The molecule has 3 aromatic heterocycles. The standard InChI is InChI=1S/C12H15N7/c1-9-15-16-12-4-3-10(17-19(9)12)13-6-5-11-14-7-8-18(11)2/h3-4,7-8H,5-6H2,1-2H3,(H,13,17). The number of nitrogens with one attached hydrogen (secondary N) is 1. The third-order valence-electron chi connectivity index (χ3n) is 2.99. The molecule has 0 amide bonds. The van der Waals surface area contributed by atoms with Gasteiger partial charge in [-0.1, -0.05) is 0 Å². The maximum atomic E-state index is 4.43. The fraction of sp³-hybridized carbons (Fsp3) is 0.333. The SMILES string of the molecule is Cc1nnc2ccc(NCCc3nccn3C)nn12. The Bertz CT molecular complexity index is 697. The van der Waals surface area contributed by atoms with E-state index in [2.05, 4.69) is 25.6 Å². The van der Waals surface area contributed by atoms with Crippen LogP contribution in [0, 0.1) is 6.92 Å². The van der Waals surface area contributed by atoms with Gasteiger partial charge in [0.25, 0.3) is 0 Å². The number of anilines is 1. The van der Waals surface area contributed by atoms with E-state index in [0.29, 0.717) is 0 Å². The van der Waals surface area contributed by atoms with Gasteiger partial charge in [0.2, 0.25) is 0 Å². The second kappa shape index (κ2) is 4.68. The van der Waals surface area contributed by atoms with Crippen molar-refractivity contribution >= 4 is 11.5 Å². The number of fused-ring (bicyclic) bond motifs is 1. The van der Waals surface area contributed by atoms with Crippen LogP contribution in [0.1, 0.15) is 11.6 Å². The molecule has 0 atom stereocenters. The second-order valence-electron chi connectivity index (χ2n) is 4.37. The van der Waals surface area contributed by atoms with Gasteiger partial charge in [-0.15, -0.1) is 15.3 Å². The molecule has 0 fully saturated rings. The largest absolute Gasteiger partial charge is 0.368 e. The van der Waals surface area contributed by atoms with Gasteiger partial charge in [0, 0.05) is 32.4 Å². The maximum absolute atomic E-state index is 4.43. The molecule has 0 bridgehead atoms. The van der Waals surface area contributed by atoms with Crippen LogP contribution >= 0.6 is 0 Å². The summed E-state index contributed by atoms with van der Waals surface area (Å²) in [5.41, 5.74) is 0.757. The Morgan fingerprint density at radius 2 is 2.16 bits per heavy atom. The van der Waals surface area contributed by atoms with Crippen LogP contribution in [0.2, 0.25) is 0 Å². The van der Waals surface area contributed by atoms with Crippen molar-refractivity contribution in [2.45, 2.75) is 13.3 Å². The van der Waals surface area contributed by atoms with Crippen molar-refractivity contribution in [2.75, 3.05) is 11.9 Å². The van der Waals surface area contributed by atoms with E-state index in [1.54, 1.807) is 10.7 Å². The number of hydrogen-bond donors (Lipinski definition) is 1. The first-order valence-corrected chi connectivity index (χ1v) is 6.13. The normalized spacial score (nSPS) is 11.1. The van der Waals surface area contributed by atoms with Crippen molar-refractivity contribution in [3.05, 3.63) is 36.2 Å². The van der Waals surface area contributed by atoms with Gasteiger partial charge in [-0.05, 0) is 19.1 Å². The van der Waals surface area contributed by atoms with E-state index >= 15 is 0 Å². The van der Waals surface area contributed by atoms with E-state index in [1.807, 2.05) is 36.9 Å². The Kier molecular flexibility index (Phi) is 2.86. The molecule has 0 aliphatic carbocycles. The van der Waals surface area contributed by atoms with Gasteiger partial charge in [0.15, 0.2) is 11.5 Å². The summed E-state index contributed by atoms with van der Waals surface area (Å²) in [6.07, 6.45) is 4.60. The highest BCUT2D eigenvalue weighted by molar-refractivity contribution is 5.43. The summed E-state index contributed by atoms with van der Waals surface area (Å²) in [5.74, 6) is 2.64. The molecule has 0 aliphatic rings. The number of imidazole rings is 1. The highest BCUT2D eigenvalue weighted by Gasteiger charge is 2.03. The summed E-state index contributed by atoms with van der Waals surface area (Å²) in [7, 11) is 1.99. The fourth-order valence-electron chi connectivity index (χ4n) is 1.93. The molecule has 0 aliphatic heterocycles.